The number of ether oxygens (including phenoxy) is 1. The third-order valence-electron chi connectivity index (χ3n) is 5.48. The lowest BCUT2D eigenvalue weighted by molar-refractivity contribution is -0.134. The molecule has 3 aromatic rings. The molecule has 7 heteroatoms. The number of rotatable bonds is 5. The van der Waals surface area contributed by atoms with Crippen LogP contribution < -0.4 is 4.74 Å². The van der Waals surface area contributed by atoms with Crippen molar-refractivity contribution in [3.63, 3.8) is 0 Å². The number of nitrogens with zero attached hydrogens (tertiary/aromatic N) is 3. The van der Waals surface area contributed by atoms with Crippen LogP contribution >= 0.6 is 11.6 Å². The van der Waals surface area contributed by atoms with Gasteiger partial charge < -0.3 is 14.5 Å². The molecule has 0 spiro atoms. The Bertz CT molecular complexity index is 1100. The number of piperazine rings is 1. The second-order valence-corrected chi connectivity index (χ2v) is 8.05. The first-order chi connectivity index (χ1) is 15.5. The molecule has 0 N–H and O–H groups in total. The van der Waals surface area contributed by atoms with Crippen LogP contribution in [0.5, 0.6) is 5.75 Å². The highest BCUT2D eigenvalue weighted by atomic mass is 35.5. The summed E-state index contributed by atoms with van der Waals surface area (Å²) < 4.78 is 5.54. The monoisotopic (exact) mass is 449 g/mol. The summed E-state index contributed by atoms with van der Waals surface area (Å²) in [6.45, 7) is 3.72. The number of carbonyl (C=O) groups excluding carboxylic acids is 2. The van der Waals surface area contributed by atoms with Crippen LogP contribution in [0.15, 0.2) is 66.7 Å². The van der Waals surface area contributed by atoms with Gasteiger partial charge in [-0.25, -0.2) is 0 Å². The van der Waals surface area contributed by atoms with Gasteiger partial charge in [0.2, 0.25) is 0 Å². The lowest BCUT2D eigenvalue weighted by atomic mass is 10.1. The number of aromatic nitrogens is 1. The van der Waals surface area contributed by atoms with E-state index in [1.54, 1.807) is 34.1 Å². The number of pyridine rings is 1. The summed E-state index contributed by atoms with van der Waals surface area (Å²) in [5.74, 6) is 0.440. The Balaban J connectivity index is 1.32. The van der Waals surface area contributed by atoms with E-state index in [9.17, 15) is 9.59 Å². The fraction of sp³-hybridized carbons (Fsp3) is 0.240. The molecule has 2 aromatic carbocycles. The third-order valence-corrected chi connectivity index (χ3v) is 5.73. The fourth-order valence-corrected chi connectivity index (χ4v) is 3.78. The zero-order valence-corrected chi connectivity index (χ0v) is 18.6. The van der Waals surface area contributed by atoms with E-state index >= 15 is 0 Å². The Morgan fingerprint density at radius 2 is 1.56 bits per heavy atom. The van der Waals surface area contributed by atoms with E-state index in [1.165, 1.54) is 0 Å². The van der Waals surface area contributed by atoms with E-state index in [0.717, 1.165) is 11.3 Å². The van der Waals surface area contributed by atoms with Gasteiger partial charge in [-0.05, 0) is 43.3 Å². The van der Waals surface area contributed by atoms with Crippen LogP contribution in [0, 0.1) is 6.92 Å². The van der Waals surface area contributed by atoms with Crippen LogP contribution in [-0.2, 0) is 4.79 Å². The molecule has 1 aliphatic rings. The summed E-state index contributed by atoms with van der Waals surface area (Å²) in [7, 11) is 0. The topological polar surface area (TPSA) is 62.7 Å². The number of hydrogen-bond acceptors (Lipinski definition) is 4. The largest absolute Gasteiger partial charge is 0.484 e. The average Bonchev–Trinajstić information content (AvgIpc) is 2.83. The summed E-state index contributed by atoms with van der Waals surface area (Å²) in [5.41, 5.74) is 3.15. The van der Waals surface area contributed by atoms with Crippen molar-refractivity contribution in [2.75, 3.05) is 32.8 Å². The number of amides is 2. The van der Waals surface area contributed by atoms with Crippen molar-refractivity contribution in [2.45, 2.75) is 6.92 Å². The van der Waals surface area contributed by atoms with Gasteiger partial charge in [0.25, 0.3) is 11.8 Å². The lowest BCUT2D eigenvalue weighted by Gasteiger charge is -2.35. The maximum Gasteiger partial charge on any atom is 0.260 e. The van der Waals surface area contributed by atoms with E-state index in [-0.39, 0.29) is 18.4 Å². The van der Waals surface area contributed by atoms with Gasteiger partial charge in [-0.15, -0.1) is 0 Å². The highest BCUT2D eigenvalue weighted by Gasteiger charge is 2.26. The summed E-state index contributed by atoms with van der Waals surface area (Å²) in [6.07, 6.45) is 0. The zero-order valence-electron chi connectivity index (χ0n) is 17.8. The molecule has 0 aliphatic carbocycles. The Labute approximate surface area is 192 Å². The van der Waals surface area contributed by atoms with E-state index in [4.69, 9.17) is 16.3 Å². The van der Waals surface area contributed by atoms with Gasteiger partial charge in [0.15, 0.2) is 6.61 Å². The average molecular weight is 450 g/mol. The smallest absolute Gasteiger partial charge is 0.260 e. The minimum absolute atomic E-state index is 0.0421. The molecule has 1 aliphatic heterocycles. The first-order valence-electron chi connectivity index (χ1n) is 10.5. The Hall–Kier alpha value is -3.38. The summed E-state index contributed by atoms with van der Waals surface area (Å²) in [6, 6.07) is 20.5. The van der Waals surface area contributed by atoms with Crippen molar-refractivity contribution in [3.8, 4) is 17.0 Å². The van der Waals surface area contributed by atoms with Crippen molar-refractivity contribution < 1.29 is 14.3 Å². The summed E-state index contributed by atoms with van der Waals surface area (Å²) >= 11 is 5.86. The van der Waals surface area contributed by atoms with Gasteiger partial charge in [-0.1, -0.05) is 41.9 Å². The quantitative estimate of drug-likeness (QED) is 0.589. The highest BCUT2D eigenvalue weighted by Crippen LogP contribution is 2.20. The molecule has 0 radical (unpaired) electrons. The Morgan fingerprint density at radius 3 is 2.22 bits per heavy atom. The van der Waals surface area contributed by atoms with Crippen molar-refractivity contribution in [3.05, 3.63) is 83.0 Å². The molecular weight excluding hydrogens is 426 g/mol. The first-order valence-corrected chi connectivity index (χ1v) is 10.9. The van der Waals surface area contributed by atoms with Gasteiger partial charge in [-0.2, -0.15) is 0 Å². The van der Waals surface area contributed by atoms with Crippen LogP contribution in [0.25, 0.3) is 11.3 Å². The number of benzene rings is 2. The van der Waals surface area contributed by atoms with Crippen molar-refractivity contribution in [1.29, 1.82) is 0 Å². The number of carbonyl (C=O) groups is 2. The summed E-state index contributed by atoms with van der Waals surface area (Å²) in [5, 5.41) is 0.615. The van der Waals surface area contributed by atoms with Gasteiger partial charge in [0.05, 0.1) is 17.0 Å². The second kappa shape index (κ2) is 9.83. The molecule has 2 amide bonds. The minimum atomic E-state index is -0.0999. The molecule has 0 saturated carbocycles. The van der Waals surface area contributed by atoms with Crippen molar-refractivity contribution in [1.82, 2.24) is 14.8 Å². The molecule has 1 saturated heterocycles. The van der Waals surface area contributed by atoms with Gasteiger partial charge in [-0.3, -0.25) is 14.6 Å². The van der Waals surface area contributed by atoms with Gasteiger partial charge in [0.1, 0.15) is 5.75 Å². The maximum atomic E-state index is 13.0. The van der Waals surface area contributed by atoms with Crippen molar-refractivity contribution >= 4 is 23.4 Å². The van der Waals surface area contributed by atoms with E-state index < -0.39 is 0 Å². The van der Waals surface area contributed by atoms with E-state index in [0.29, 0.717) is 48.2 Å². The molecule has 1 fully saturated rings. The molecule has 2 heterocycles. The standard InChI is InChI=1S/C25H24ClN3O3/c1-18-22(11-12-23(27-18)19-5-3-2-4-6-19)25(31)29-15-13-28(14-16-29)24(30)17-32-21-9-7-20(26)8-10-21/h2-12H,13-17H2,1H3. The molecule has 32 heavy (non-hydrogen) atoms. The van der Waals surface area contributed by atoms with Crippen molar-refractivity contribution in [2.24, 2.45) is 0 Å². The molecule has 0 atom stereocenters. The SMILES string of the molecule is Cc1nc(-c2ccccc2)ccc1C(=O)N1CCN(C(=O)COc2ccc(Cl)cc2)CC1. The number of hydrogen-bond donors (Lipinski definition) is 0. The van der Waals surface area contributed by atoms with Gasteiger partial charge in [0, 0.05) is 36.8 Å². The predicted octanol–water partition coefficient (Wildman–Crippen LogP) is 4.07. The number of halogens is 1. The minimum Gasteiger partial charge on any atom is -0.484 e. The molecule has 1 aromatic heterocycles. The molecule has 0 unspecified atom stereocenters. The Kier molecular flexibility index (Phi) is 6.71. The van der Waals surface area contributed by atoms with E-state index in [2.05, 4.69) is 4.98 Å². The maximum absolute atomic E-state index is 13.0. The fourth-order valence-electron chi connectivity index (χ4n) is 3.65. The van der Waals surface area contributed by atoms with E-state index in [1.807, 2.05) is 49.4 Å². The highest BCUT2D eigenvalue weighted by molar-refractivity contribution is 6.30. The van der Waals surface area contributed by atoms with Crippen LogP contribution in [-0.4, -0.2) is 59.4 Å². The lowest BCUT2D eigenvalue weighted by Crippen LogP contribution is -2.51. The predicted molar refractivity (Wildman–Crippen MR) is 124 cm³/mol. The van der Waals surface area contributed by atoms with Crippen LogP contribution in [0.4, 0.5) is 0 Å². The van der Waals surface area contributed by atoms with Crippen LogP contribution in [0.3, 0.4) is 0 Å². The summed E-state index contributed by atoms with van der Waals surface area (Å²) in [4.78, 5) is 33.6. The normalized spacial score (nSPS) is 13.7. The molecule has 164 valence electrons. The second-order valence-electron chi connectivity index (χ2n) is 7.61. The van der Waals surface area contributed by atoms with Gasteiger partial charge >= 0.3 is 0 Å². The third kappa shape index (κ3) is 5.08. The molecule has 6 nitrogen and oxygen atoms in total. The molecule has 4 rings (SSSR count). The zero-order chi connectivity index (χ0) is 22.5. The molecule has 0 bridgehead atoms. The Morgan fingerprint density at radius 1 is 0.906 bits per heavy atom. The first kappa shape index (κ1) is 21.8. The van der Waals surface area contributed by atoms with Crippen LogP contribution in [0.2, 0.25) is 5.02 Å². The molecular formula is C25H24ClN3O3. The van der Waals surface area contributed by atoms with Crippen LogP contribution in [0.1, 0.15) is 16.1 Å². The number of aryl methyl sites for hydroxylation is 1.